The predicted molar refractivity (Wildman–Crippen MR) is 83.2 cm³/mol. The highest BCUT2D eigenvalue weighted by atomic mass is 79.9. The number of carbonyl (C=O) groups excluding carboxylic acids is 1. The van der Waals surface area contributed by atoms with Crippen molar-refractivity contribution < 1.29 is 9.53 Å². The molecule has 0 heterocycles. The summed E-state index contributed by atoms with van der Waals surface area (Å²) in [4.78, 5) is 11.6. The average Bonchev–Trinajstić information content (AvgIpc) is 2.44. The summed E-state index contributed by atoms with van der Waals surface area (Å²) in [6.07, 6.45) is 0. The molecule has 2 aromatic rings. The number of rotatable bonds is 3. The summed E-state index contributed by atoms with van der Waals surface area (Å²) in [5, 5.41) is 2.57. The molecular formula is C15H15BrN2O2. The van der Waals surface area contributed by atoms with Crippen molar-refractivity contribution in [2.24, 2.45) is 0 Å². The van der Waals surface area contributed by atoms with Gasteiger partial charge in [-0.25, -0.2) is 0 Å². The Morgan fingerprint density at radius 3 is 2.65 bits per heavy atom. The Bertz CT molecular complexity index is 656. The zero-order chi connectivity index (χ0) is 14.7. The van der Waals surface area contributed by atoms with Gasteiger partial charge in [0, 0.05) is 17.1 Å². The molecule has 4 nitrogen and oxygen atoms in total. The third-order valence-electron chi connectivity index (χ3n) is 2.87. The van der Waals surface area contributed by atoms with Crippen LogP contribution in [-0.4, -0.2) is 13.0 Å². The van der Waals surface area contributed by atoms with Crippen LogP contribution >= 0.6 is 15.9 Å². The molecule has 1 amide bonds. The van der Waals surface area contributed by atoms with Crippen LogP contribution in [0.3, 0.4) is 0 Å². The molecule has 0 aliphatic carbocycles. The monoisotopic (exact) mass is 334 g/mol. The third-order valence-corrected chi connectivity index (χ3v) is 3.37. The summed E-state index contributed by atoms with van der Waals surface area (Å²) in [6, 6.07) is 10.7. The molecule has 0 saturated heterocycles. The van der Waals surface area contributed by atoms with Crippen molar-refractivity contribution in [3.05, 3.63) is 52.0 Å². The molecule has 0 saturated carbocycles. The van der Waals surface area contributed by atoms with Crippen molar-refractivity contribution in [2.45, 2.75) is 6.92 Å². The van der Waals surface area contributed by atoms with Gasteiger partial charge in [0.05, 0.1) is 5.69 Å². The van der Waals surface area contributed by atoms with E-state index in [9.17, 15) is 4.79 Å². The number of halogens is 1. The first kappa shape index (κ1) is 14.4. The third kappa shape index (κ3) is 3.11. The Morgan fingerprint density at radius 2 is 1.95 bits per heavy atom. The lowest BCUT2D eigenvalue weighted by Crippen LogP contribution is -2.17. The van der Waals surface area contributed by atoms with E-state index in [1.165, 1.54) is 0 Å². The Balaban J connectivity index is 2.37. The number of hydrogen-bond acceptors (Lipinski definition) is 3. The maximum atomic E-state index is 11.6. The minimum atomic E-state index is -0.180. The second-order valence-electron chi connectivity index (χ2n) is 4.34. The molecule has 5 heteroatoms. The van der Waals surface area contributed by atoms with Crippen molar-refractivity contribution in [3.63, 3.8) is 0 Å². The van der Waals surface area contributed by atoms with Crippen molar-refractivity contribution >= 4 is 27.5 Å². The average molecular weight is 335 g/mol. The van der Waals surface area contributed by atoms with Gasteiger partial charge in [-0.2, -0.15) is 0 Å². The number of nitrogens with one attached hydrogen (secondary N) is 1. The summed E-state index contributed by atoms with van der Waals surface area (Å²) >= 11 is 3.40. The Hall–Kier alpha value is -2.01. The van der Waals surface area contributed by atoms with E-state index in [-0.39, 0.29) is 5.91 Å². The smallest absolute Gasteiger partial charge is 0.251 e. The standard InChI is InChI=1S/C15H15BrN2O2/c1-9-3-5-11(16)8-13(9)20-14-7-10(15(19)18-2)4-6-12(14)17/h3-8H,17H2,1-2H3,(H,18,19). The van der Waals surface area contributed by atoms with E-state index in [4.69, 9.17) is 10.5 Å². The molecule has 104 valence electrons. The zero-order valence-electron chi connectivity index (χ0n) is 11.2. The maximum Gasteiger partial charge on any atom is 0.251 e. The number of hydrogen-bond donors (Lipinski definition) is 2. The predicted octanol–water partition coefficient (Wildman–Crippen LogP) is 3.49. The van der Waals surface area contributed by atoms with Crippen LogP contribution in [0.2, 0.25) is 0 Å². The fourth-order valence-corrected chi connectivity index (χ4v) is 2.05. The summed E-state index contributed by atoms with van der Waals surface area (Å²) in [5.41, 5.74) is 7.87. The number of benzene rings is 2. The number of carbonyl (C=O) groups is 1. The van der Waals surface area contributed by atoms with E-state index in [1.54, 1.807) is 25.2 Å². The van der Waals surface area contributed by atoms with Gasteiger partial charge in [0.25, 0.3) is 5.91 Å². The van der Waals surface area contributed by atoms with Crippen LogP contribution in [0.15, 0.2) is 40.9 Å². The second-order valence-corrected chi connectivity index (χ2v) is 5.26. The first-order chi connectivity index (χ1) is 9.51. The van der Waals surface area contributed by atoms with Crippen LogP contribution in [-0.2, 0) is 0 Å². The first-order valence-electron chi connectivity index (χ1n) is 6.07. The number of nitrogens with two attached hydrogens (primary N) is 1. The molecule has 0 bridgehead atoms. The van der Waals surface area contributed by atoms with Gasteiger partial charge in [-0.15, -0.1) is 0 Å². The van der Waals surface area contributed by atoms with Crippen LogP contribution in [0.4, 0.5) is 5.69 Å². The van der Waals surface area contributed by atoms with Gasteiger partial charge in [-0.1, -0.05) is 22.0 Å². The summed E-state index contributed by atoms with van der Waals surface area (Å²) in [5.74, 6) is 0.980. The summed E-state index contributed by atoms with van der Waals surface area (Å²) in [7, 11) is 1.58. The lowest BCUT2D eigenvalue weighted by atomic mass is 10.1. The van der Waals surface area contributed by atoms with E-state index in [0.717, 1.165) is 10.0 Å². The van der Waals surface area contributed by atoms with Gasteiger partial charge < -0.3 is 15.8 Å². The van der Waals surface area contributed by atoms with Crippen LogP contribution < -0.4 is 15.8 Å². The van der Waals surface area contributed by atoms with Gasteiger partial charge >= 0.3 is 0 Å². The molecule has 0 radical (unpaired) electrons. The largest absolute Gasteiger partial charge is 0.455 e. The van der Waals surface area contributed by atoms with E-state index in [0.29, 0.717) is 22.7 Å². The fourth-order valence-electron chi connectivity index (χ4n) is 1.71. The molecule has 0 aliphatic heterocycles. The minimum Gasteiger partial charge on any atom is -0.455 e. The molecular weight excluding hydrogens is 320 g/mol. The first-order valence-corrected chi connectivity index (χ1v) is 6.86. The molecule has 0 spiro atoms. The number of amides is 1. The molecule has 0 fully saturated rings. The van der Waals surface area contributed by atoms with Crippen LogP contribution in [0.5, 0.6) is 11.5 Å². The van der Waals surface area contributed by atoms with Crippen molar-refractivity contribution in [3.8, 4) is 11.5 Å². The zero-order valence-corrected chi connectivity index (χ0v) is 12.8. The van der Waals surface area contributed by atoms with E-state index in [1.807, 2.05) is 25.1 Å². The highest BCUT2D eigenvalue weighted by Crippen LogP contribution is 2.32. The molecule has 0 aromatic heterocycles. The molecule has 0 unspecified atom stereocenters. The molecule has 2 rings (SSSR count). The highest BCUT2D eigenvalue weighted by Gasteiger charge is 2.10. The molecule has 20 heavy (non-hydrogen) atoms. The number of ether oxygens (including phenoxy) is 1. The Morgan fingerprint density at radius 1 is 1.20 bits per heavy atom. The van der Waals surface area contributed by atoms with Gasteiger partial charge in [0.1, 0.15) is 5.75 Å². The quantitative estimate of drug-likeness (QED) is 0.844. The van der Waals surface area contributed by atoms with E-state index < -0.39 is 0 Å². The lowest BCUT2D eigenvalue weighted by molar-refractivity contribution is 0.0963. The summed E-state index contributed by atoms with van der Waals surface area (Å²) in [6.45, 7) is 1.95. The van der Waals surface area contributed by atoms with Gasteiger partial charge in [-0.3, -0.25) is 4.79 Å². The minimum absolute atomic E-state index is 0.180. The van der Waals surface area contributed by atoms with Crippen molar-refractivity contribution in [2.75, 3.05) is 12.8 Å². The van der Waals surface area contributed by atoms with E-state index >= 15 is 0 Å². The van der Waals surface area contributed by atoms with Gasteiger partial charge in [-0.05, 0) is 42.8 Å². The number of aryl methyl sites for hydroxylation is 1. The van der Waals surface area contributed by atoms with Crippen LogP contribution in [0.1, 0.15) is 15.9 Å². The maximum absolute atomic E-state index is 11.6. The van der Waals surface area contributed by atoms with Crippen LogP contribution in [0.25, 0.3) is 0 Å². The Kier molecular flexibility index (Phi) is 4.29. The van der Waals surface area contributed by atoms with Crippen molar-refractivity contribution in [1.29, 1.82) is 0 Å². The summed E-state index contributed by atoms with van der Waals surface area (Å²) < 4.78 is 6.74. The highest BCUT2D eigenvalue weighted by molar-refractivity contribution is 9.10. The topological polar surface area (TPSA) is 64.4 Å². The second kappa shape index (κ2) is 5.96. The fraction of sp³-hybridized carbons (Fsp3) is 0.133. The normalized spacial score (nSPS) is 10.2. The van der Waals surface area contributed by atoms with Gasteiger partial charge in [0.15, 0.2) is 5.75 Å². The van der Waals surface area contributed by atoms with Crippen molar-refractivity contribution in [1.82, 2.24) is 5.32 Å². The number of anilines is 1. The van der Waals surface area contributed by atoms with Crippen LogP contribution in [0, 0.1) is 6.92 Å². The molecule has 0 aliphatic rings. The Labute approximate surface area is 126 Å². The molecule has 2 aromatic carbocycles. The SMILES string of the molecule is CNC(=O)c1ccc(N)c(Oc2cc(Br)ccc2C)c1. The molecule has 0 atom stereocenters. The lowest BCUT2D eigenvalue weighted by Gasteiger charge is -2.12. The number of nitrogen functional groups attached to an aromatic ring is 1. The molecule has 3 N–H and O–H groups in total. The van der Waals surface area contributed by atoms with E-state index in [2.05, 4.69) is 21.2 Å². The van der Waals surface area contributed by atoms with Gasteiger partial charge in [0.2, 0.25) is 0 Å².